The Morgan fingerprint density at radius 2 is 1.96 bits per heavy atom. The lowest BCUT2D eigenvalue weighted by Gasteiger charge is -2.12. The van der Waals surface area contributed by atoms with Gasteiger partial charge in [0.1, 0.15) is 12.4 Å². The van der Waals surface area contributed by atoms with E-state index in [0.717, 1.165) is 4.47 Å². The summed E-state index contributed by atoms with van der Waals surface area (Å²) in [5.74, 6) is -0.726. The van der Waals surface area contributed by atoms with Gasteiger partial charge in [-0.25, -0.2) is 4.39 Å². The number of para-hydroxylation sites is 1. The van der Waals surface area contributed by atoms with E-state index < -0.39 is 5.82 Å². The molecule has 0 spiro atoms. The van der Waals surface area contributed by atoms with Crippen molar-refractivity contribution in [3.8, 4) is 0 Å². The zero-order chi connectivity index (χ0) is 16.4. The zero-order valence-corrected chi connectivity index (χ0v) is 13.5. The molecule has 3 aromatic rings. The van der Waals surface area contributed by atoms with E-state index in [1.54, 1.807) is 10.6 Å². The molecule has 1 amide bonds. The fraction of sp³-hybridized carbons (Fsp3) is 0.0588. The Kier molecular flexibility index (Phi) is 4.25. The van der Waals surface area contributed by atoms with Crippen molar-refractivity contribution >= 4 is 38.4 Å². The Bertz CT molecular complexity index is 953. The predicted molar refractivity (Wildman–Crippen MR) is 90.9 cm³/mol. The number of nitrogens with zero attached hydrogens (tertiary/aromatic N) is 1. The van der Waals surface area contributed by atoms with Gasteiger partial charge >= 0.3 is 0 Å². The maximum absolute atomic E-state index is 13.3. The fourth-order valence-electron chi connectivity index (χ4n) is 2.33. The summed E-state index contributed by atoms with van der Waals surface area (Å²) in [5.41, 5.74) is 0.900. The van der Waals surface area contributed by atoms with E-state index in [1.165, 1.54) is 30.5 Å². The summed E-state index contributed by atoms with van der Waals surface area (Å²) in [7, 11) is 0. The van der Waals surface area contributed by atoms with Gasteiger partial charge < -0.3 is 9.88 Å². The summed E-state index contributed by atoms with van der Waals surface area (Å²) in [6, 6.07) is 12.5. The van der Waals surface area contributed by atoms with E-state index in [0.29, 0.717) is 11.2 Å². The van der Waals surface area contributed by atoms with Crippen molar-refractivity contribution in [3.05, 3.63) is 75.2 Å². The van der Waals surface area contributed by atoms with Gasteiger partial charge in [-0.3, -0.25) is 9.59 Å². The number of carbonyl (C=O) groups excluding carboxylic acids is 1. The molecule has 1 aromatic heterocycles. The van der Waals surface area contributed by atoms with Crippen LogP contribution in [0.3, 0.4) is 0 Å². The van der Waals surface area contributed by atoms with Gasteiger partial charge in [-0.05, 0) is 46.3 Å². The normalized spacial score (nSPS) is 10.7. The molecule has 4 nitrogen and oxygen atoms in total. The molecule has 23 heavy (non-hydrogen) atoms. The van der Waals surface area contributed by atoms with Crippen molar-refractivity contribution in [2.75, 3.05) is 5.32 Å². The van der Waals surface area contributed by atoms with Crippen LogP contribution in [0.15, 0.2) is 64.0 Å². The third-order valence-electron chi connectivity index (χ3n) is 3.40. The Labute approximate surface area is 139 Å². The van der Waals surface area contributed by atoms with Gasteiger partial charge in [0.05, 0.1) is 11.2 Å². The van der Waals surface area contributed by atoms with Crippen molar-refractivity contribution in [1.82, 2.24) is 4.57 Å². The second-order valence-corrected chi connectivity index (χ2v) is 5.85. The van der Waals surface area contributed by atoms with Crippen LogP contribution in [-0.4, -0.2) is 10.5 Å². The lowest BCUT2D eigenvalue weighted by molar-refractivity contribution is -0.116. The zero-order valence-electron chi connectivity index (χ0n) is 11.9. The van der Waals surface area contributed by atoms with Crippen molar-refractivity contribution < 1.29 is 9.18 Å². The Hall–Kier alpha value is -2.47. The summed E-state index contributed by atoms with van der Waals surface area (Å²) in [6.07, 6.45) is 1.53. The molecule has 0 saturated carbocycles. The molecule has 1 heterocycles. The second kappa shape index (κ2) is 6.34. The molecule has 6 heteroatoms. The molecular formula is C17H12BrFN2O2. The number of nitrogens with one attached hydrogen (secondary N) is 1. The van der Waals surface area contributed by atoms with Gasteiger partial charge in [-0.1, -0.05) is 12.1 Å². The van der Waals surface area contributed by atoms with Crippen LogP contribution in [0, 0.1) is 5.82 Å². The van der Waals surface area contributed by atoms with Gasteiger partial charge in [0.2, 0.25) is 5.91 Å². The van der Waals surface area contributed by atoms with E-state index in [4.69, 9.17) is 0 Å². The average molecular weight is 375 g/mol. The van der Waals surface area contributed by atoms with Gasteiger partial charge in [0.15, 0.2) is 5.43 Å². The maximum Gasteiger partial charge on any atom is 0.244 e. The highest BCUT2D eigenvalue weighted by Gasteiger charge is 2.09. The quantitative estimate of drug-likeness (QED) is 0.762. The minimum atomic E-state index is -0.481. The molecule has 1 N–H and O–H groups in total. The molecular weight excluding hydrogens is 363 g/mol. The van der Waals surface area contributed by atoms with Crippen molar-refractivity contribution in [3.63, 3.8) is 0 Å². The summed E-state index contributed by atoms with van der Waals surface area (Å²) in [5, 5.41) is 3.04. The van der Waals surface area contributed by atoms with Crippen LogP contribution in [-0.2, 0) is 11.3 Å². The molecule has 0 radical (unpaired) electrons. The lowest BCUT2D eigenvalue weighted by atomic mass is 10.2. The standard InChI is InChI=1S/C17H12BrFN2O2/c18-13-3-1-2-4-14(13)20-17(23)10-21-8-7-16(22)12-9-11(19)5-6-15(12)21/h1-9H,10H2,(H,20,23). The highest BCUT2D eigenvalue weighted by Crippen LogP contribution is 2.21. The van der Waals surface area contributed by atoms with Gasteiger partial charge in [-0.15, -0.1) is 0 Å². The SMILES string of the molecule is O=C(Cn1ccc(=O)c2cc(F)ccc21)Nc1ccccc1Br. The molecule has 0 atom stereocenters. The van der Waals surface area contributed by atoms with Crippen LogP contribution in [0.2, 0.25) is 0 Å². The Morgan fingerprint density at radius 3 is 2.74 bits per heavy atom. The number of hydrogen-bond acceptors (Lipinski definition) is 2. The van der Waals surface area contributed by atoms with Gasteiger partial charge in [-0.2, -0.15) is 0 Å². The summed E-state index contributed by atoms with van der Waals surface area (Å²) < 4.78 is 15.7. The first-order chi connectivity index (χ1) is 11.0. The number of amides is 1. The topological polar surface area (TPSA) is 51.1 Å². The first-order valence-electron chi connectivity index (χ1n) is 6.88. The number of fused-ring (bicyclic) bond motifs is 1. The number of benzene rings is 2. The summed E-state index contributed by atoms with van der Waals surface area (Å²) >= 11 is 3.36. The van der Waals surface area contributed by atoms with E-state index in [2.05, 4.69) is 21.2 Å². The van der Waals surface area contributed by atoms with Crippen LogP contribution >= 0.6 is 15.9 Å². The molecule has 0 fully saturated rings. The van der Waals surface area contributed by atoms with E-state index in [1.807, 2.05) is 18.2 Å². The largest absolute Gasteiger partial charge is 0.338 e. The number of aromatic nitrogens is 1. The van der Waals surface area contributed by atoms with Crippen LogP contribution < -0.4 is 10.7 Å². The average Bonchev–Trinajstić information content (AvgIpc) is 2.52. The van der Waals surface area contributed by atoms with Crippen LogP contribution in [0.1, 0.15) is 0 Å². The molecule has 0 aliphatic heterocycles. The fourth-order valence-corrected chi connectivity index (χ4v) is 2.71. The Balaban J connectivity index is 1.90. The molecule has 2 aromatic carbocycles. The third kappa shape index (κ3) is 3.32. The number of carbonyl (C=O) groups is 1. The van der Waals surface area contributed by atoms with Crippen LogP contribution in [0.5, 0.6) is 0 Å². The third-order valence-corrected chi connectivity index (χ3v) is 4.09. The van der Waals surface area contributed by atoms with Crippen molar-refractivity contribution in [2.24, 2.45) is 0 Å². The number of hydrogen-bond donors (Lipinski definition) is 1. The summed E-state index contributed by atoms with van der Waals surface area (Å²) in [6.45, 7) is 0.0176. The van der Waals surface area contributed by atoms with Crippen LogP contribution in [0.4, 0.5) is 10.1 Å². The van der Waals surface area contributed by atoms with E-state index in [-0.39, 0.29) is 23.3 Å². The summed E-state index contributed by atoms with van der Waals surface area (Å²) in [4.78, 5) is 24.0. The van der Waals surface area contributed by atoms with Gasteiger partial charge in [0.25, 0.3) is 0 Å². The molecule has 116 valence electrons. The highest BCUT2D eigenvalue weighted by atomic mass is 79.9. The monoisotopic (exact) mass is 374 g/mol. The smallest absolute Gasteiger partial charge is 0.244 e. The lowest BCUT2D eigenvalue weighted by Crippen LogP contribution is -2.20. The molecule has 3 rings (SSSR count). The first-order valence-corrected chi connectivity index (χ1v) is 7.67. The minimum absolute atomic E-state index is 0.0176. The van der Waals surface area contributed by atoms with Crippen molar-refractivity contribution in [2.45, 2.75) is 6.54 Å². The van der Waals surface area contributed by atoms with Crippen LogP contribution in [0.25, 0.3) is 10.9 Å². The number of halogens is 2. The molecule has 0 aliphatic carbocycles. The molecule has 0 unspecified atom stereocenters. The molecule has 0 aliphatic rings. The first kappa shape index (κ1) is 15.4. The number of pyridine rings is 1. The number of anilines is 1. The Morgan fingerprint density at radius 1 is 1.17 bits per heavy atom. The van der Waals surface area contributed by atoms with E-state index in [9.17, 15) is 14.0 Å². The van der Waals surface area contributed by atoms with Crippen molar-refractivity contribution in [1.29, 1.82) is 0 Å². The minimum Gasteiger partial charge on any atom is -0.338 e. The maximum atomic E-state index is 13.3. The predicted octanol–water partition coefficient (Wildman–Crippen LogP) is 3.54. The highest BCUT2D eigenvalue weighted by molar-refractivity contribution is 9.10. The molecule has 0 bridgehead atoms. The number of rotatable bonds is 3. The van der Waals surface area contributed by atoms with E-state index >= 15 is 0 Å². The molecule has 0 saturated heterocycles. The van der Waals surface area contributed by atoms with Gasteiger partial charge in [0, 0.05) is 22.1 Å². The second-order valence-electron chi connectivity index (χ2n) is 5.00.